The van der Waals surface area contributed by atoms with Gasteiger partial charge in [-0.1, -0.05) is 0 Å². The number of ether oxygens (including phenoxy) is 2. The zero-order valence-corrected chi connectivity index (χ0v) is 10.6. The Morgan fingerprint density at radius 2 is 2.00 bits per heavy atom. The molecular formula is C13H15FO4. The summed E-state index contributed by atoms with van der Waals surface area (Å²) >= 11 is 0. The molecule has 0 saturated carbocycles. The van der Waals surface area contributed by atoms with Gasteiger partial charge in [-0.05, 0) is 26.0 Å². The molecule has 1 rings (SSSR count). The second-order valence-corrected chi connectivity index (χ2v) is 3.66. The van der Waals surface area contributed by atoms with Gasteiger partial charge in [0.1, 0.15) is 6.42 Å². The molecule has 5 heteroatoms. The van der Waals surface area contributed by atoms with Gasteiger partial charge in [-0.2, -0.15) is 0 Å². The second kappa shape index (κ2) is 6.14. The highest BCUT2D eigenvalue weighted by Gasteiger charge is 2.18. The van der Waals surface area contributed by atoms with E-state index < -0.39 is 17.6 Å². The molecule has 0 amide bonds. The SMILES string of the molecule is CCOC(=O)CC(=O)c1ccc(F)c(OC)c1C. The summed E-state index contributed by atoms with van der Waals surface area (Å²) in [6, 6.07) is 2.49. The van der Waals surface area contributed by atoms with Crippen LogP contribution in [-0.2, 0) is 9.53 Å². The fourth-order valence-corrected chi connectivity index (χ4v) is 1.65. The molecule has 0 bridgehead atoms. The maximum Gasteiger partial charge on any atom is 0.313 e. The maximum atomic E-state index is 13.3. The highest BCUT2D eigenvalue weighted by Crippen LogP contribution is 2.25. The highest BCUT2D eigenvalue weighted by atomic mass is 19.1. The summed E-state index contributed by atoms with van der Waals surface area (Å²) in [4.78, 5) is 23.1. The second-order valence-electron chi connectivity index (χ2n) is 3.66. The van der Waals surface area contributed by atoms with Crippen molar-refractivity contribution in [3.63, 3.8) is 0 Å². The zero-order valence-electron chi connectivity index (χ0n) is 10.6. The van der Waals surface area contributed by atoms with E-state index in [4.69, 9.17) is 4.74 Å². The molecule has 98 valence electrons. The van der Waals surface area contributed by atoms with E-state index in [9.17, 15) is 14.0 Å². The Balaban J connectivity index is 2.97. The van der Waals surface area contributed by atoms with Crippen molar-refractivity contribution in [2.24, 2.45) is 0 Å². The number of hydrogen-bond donors (Lipinski definition) is 0. The predicted molar refractivity (Wildman–Crippen MR) is 63.3 cm³/mol. The van der Waals surface area contributed by atoms with Crippen LogP contribution < -0.4 is 4.74 Å². The van der Waals surface area contributed by atoms with Crippen molar-refractivity contribution in [1.29, 1.82) is 0 Å². The van der Waals surface area contributed by atoms with E-state index in [1.807, 2.05) is 0 Å². The summed E-state index contributed by atoms with van der Waals surface area (Å²) in [5.41, 5.74) is 0.646. The summed E-state index contributed by atoms with van der Waals surface area (Å²) in [6.07, 6.45) is -0.358. The number of rotatable bonds is 5. The van der Waals surface area contributed by atoms with E-state index in [1.54, 1.807) is 13.8 Å². The van der Waals surface area contributed by atoms with E-state index in [0.29, 0.717) is 5.56 Å². The van der Waals surface area contributed by atoms with Crippen LogP contribution in [0.1, 0.15) is 29.3 Å². The number of carbonyl (C=O) groups excluding carboxylic acids is 2. The Kier molecular flexibility index (Phi) is 4.83. The maximum absolute atomic E-state index is 13.3. The molecule has 0 spiro atoms. The fourth-order valence-electron chi connectivity index (χ4n) is 1.65. The molecule has 0 aliphatic rings. The van der Waals surface area contributed by atoms with Crippen molar-refractivity contribution in [2.75, 3.05) is 13.7 Å². The number of halogens is 1. The number of Topliss-reactive ketones (excluding diaryl/α,β-unsaturated/α-hetero) is 1. The van der Waals surface area contributed by atoms with Gasteiger partial charge in [-0.3, -0.25) is 9.59 Å². The lowest BCUT2D eigenvalue weighted by atomic mass is 10.0. The first-order valence-electron chi connectivity index (χ1n) is 5.53. The lowest BCUT2D eigenvalue weighted by Gasteiger charge is -2.10. The van der Waals surface area contributed by atoms with Crippen LogP contribution in [0.25, 0.3) is 0 Å². The first kappa shape index (κ1) is 14.2. The molecule has 1 aromatic rings. The minimum absolute atomic E-state index is 0.0182. The fraction of sp³-hybridized carbons (Fsp3) is 0.385. The molecule has 0 atom stereocenters. The Labute approximate surface area is 105 Å². The van der Waals surface area contributed by atoms with E-state index in [1.165, 1.54) is 13.2 Å². The minimum Gasteiger partial charge on any atom is -0.493 e. The lowest BCUT2D eigenvalue weighted by Crippen LogP contribution is -2.13. The van der Waals surface area contributed by atoms with Crippen LogP contribution in [0.2, 0.25) is 0 Å². The van der Waals surface area contributed by atoms with Crippen LogP contribution >= 0.6 is 0 Å². The van der Waals surface area contributed by atoms with Crippen LogP contribution in [0.4, 0.5) is 4.39 Å². The molecule has 0 aromatic heterocycles. The Bertz CT molecular complexity index is 468. The largest absolute Gasteiger partial charge is 0.493 e. The van der Waals surface area contributed by atoms with E-state index in [2.05, 4.69) is 4.74 Å². The minimum atomic E-state index is -0.592. The van der Waals surface area contributed by atoms with Crippen molar-refractivity contribution >= 4 is 11.8 Å². The van der Waals surface area contributed by atoms with Crippen LogP contribution in [0.5, 0.6) is 5.75 Å². The number of carbonyl (C=O) groups is 2. The number of ketones is 1. The highest BCUT2D eigenvalue weighted by molar-refractivity contribution is 6.07. The number of methoxy groups -OCH3 is 1. The molecule has 4 nitrogen and oxygen atoms in total. The van der Waals surface area contributed by atoms with E-state index in [-0.39, 0.29) is 24.3 Å². The Morgan fingerprint density at radius 1 is 1.33 bits per heavy atom. The molecule has 0 aliphatic carbocycles. The average molecular weight is 254 g/mol. The molecule has 1 aromatic carbocycles. The first-order chi connectivity index (χ1) is 8.51. The monoisotopic (exact) mass is 254 g/mol. The van der Waals surface area contributed by atoms with Gasteiger partial charge in [0.2, 0.25) is 0 Å². The van der Waals surface area contributed by atoms with Gasteiger partial charge >= 0.3 is 5.97 Å². The quantitative estimate of drug-likeness (QED) is 0.459. The third-order valence-corrected chi connectivity index (χ3v) is 2.47. The van der Waals surface area contributed by atoms with Crippen LogP contribution in [0.15, 0.2) is 12.1 Å². The summed E-state index contributed by atoms with van der Waals surface area (Å²) in [5, 5.41) is 0. The summed E-state index contributed by atoms with van der Waals surface area (Å²) < 4.78 is 22.9. The van der Waals surface area contributed by atoms with Gasteiger partial charge in [0.25, 0.3) is 0 Å². The number of hydrogen-bond acceptors (Lipinski definition) is 4. The predicted octanol–water partition coefficient (Wildman–Crippen LogP) is 2.28. The Hall–Kier alpha value is -1.91. The number of esters is 1. The van der Waals surface area contributed by atoms with Crippen molar-refractivity contribution in [1.82, 2.24) is 0 Å². The molecule has 0 fully saturated rings. The van der Waals surface area contributed by atoms with Crippen LogP contribution in [0.3, 0.4) is 0 Å². The molecule has 0 unspecified atom stereocenters. The molecular weight excluding hydrogens is 239 g/mol. The molecule has 0 saturated heterocycles. The van der Waals surface area contributed by atoms with Gasteiger partial charge in [0.15, 0.2) is 17.3 Å². The van der Waals surface area contributed by atoms with Gasteiger partial charge in [0.05, 0.1) is 13.7 Å². The van der Waals surface area contributed by atoms with Crippen molar-refractivity contribution < 1.29 is 23.5 Å². The zero-order chi connectivity index (χ0) is 13.7. The van der Waals surface area contributed by atoms with Crippen LogP contribution in [0, 0.1) is 12.7 Å². The molecule has 0 radical (unpaired) electrons. The van der Waals surface area contributed by atoms with Crippen molar-refractivity contribution in [2.45, 2.75) is 20.3 Å². The van der Waals surface area contributed by atoms with Crippen molar-refractivity contribution in [3.05, 3.63) is 29.1 Å². The standard InChI is InChI=1S/C13H15FO4/c1-4-18-12(16)7-11(15)9-5-6-10(14)13(17-3)8(9)2/h5-6H,4,7H2,1-3H3. The van der Waals surface area contributed by atoms with Gasteiger partial charge in [-0.15, -0.1) is 0 Å². The third kappa shape index (κ3) is 3.06. The Morgan fingerprint density at radius 3 is 2.56 bits per heavy atom. The topological polar surface area (TPSA) is 52.6 Å². The van der Waals surface area contributed by atoms with E-state index in [0.717, 1.165) is 6.07 Å². The van der Waals surface area contributed by atoms with Gasteiger partial charge < -0.3 is 9.47 Å². The number of benzene rings is 1. The molecule has 0 aliphatic heterocycles. The van der Waals surface area contributed by atoms with E-state index >= 15 is 0 Å². The van der Waals surface area contributed by atoms with Gasteiger partial charge in [-0.25, -0.2) is 4.39 Å². The summed E-state index contributed by atoms with van der Waals surface area (Å²) in [7, 11) is 1.32. The van der Waals surface area contributed by atoms with Crippen LogP contribution in [-0.4, -0.2) is 25.5 Å². The van der Waals surface area contributed by atoms with Crippen molar-refractivity contribution in [3.8, 4) is 5.75 Å². The first-order valence-corrected chi connectivity index (χ1v) is 5.53. The smallest absolute Gasteiger partial charge is 0.313 e. The summed E-state index contributed by atoms with van der Waals surface area (Å²) in [6.45, 7) is 3.45. The average Bonchev–Trinajstić information content (AvgIpc) is 2.29. The molecule has 0 N–H and O–H groups in total. The third-order valence-electron chi connectivity index (χ3n) is 2.47. The normalized spacial score (nSPS) is 10.0. The van der Waals surface area contributed by atoms with Gasteiger partial charge in [0, 0.05) is 11.1 Å². The molecule has 0 heterocycles. The summed E-state index contributed by atoms with van der Waals surface area (Å²) in [5.74, 6) is -1.53. The molecule has 18 heavy (non-hydrogen) atoms. The lowest BCUT2D eigenvalue weighted by molar-refractivity contribution is -0.141.